The number of nitrogens with zero attached hydrogens (tertiary/aromatic N) is 1. The molecule has 0 spiro atoms. The number of terminal acetylenes is 1. The molecule has 0 bridgehead atoms. The predicted octanol–water partition coefficient (Wildman–Crippen LogP) is 1.08. The Bertz CT molecular complexity index is 171. The first kappa shape index (κ1) is 10.6. The van der Waals surface area contributed by atoms with E-state index < -0.39 is 0 Å². The molecule has 1 saturated heterocycles. The Morgan fingerprint density at radius 2 is 2.31 bits per heavy atom. The van der Waals surface area contributed by atoms with Crippen LogP contribution in [0.1, 0.15) is 25.7 Å². The molecule has 0 aromatic heterocycles. The summed E-state index contributed by atoms with van der Waals surface area (Å²) in [7, 11) is 2.20. The van der Waals surface area contributed by atoms with E-state index in [0.717, 1.165) is 13.0 Å². The fourth-order valence-electron chi connectivity index (χ4n) is 1.79. The minimum absolute atomic E-state index is 0.693. The molecule has 2 heteroatoms. The van der Waals surface area contributed by atoms with Gasteiger partial charge in [0.05, 0.1) is 0 Å². The van der Waals surface area contributed by atoms with E-state index in [2.05, 4.69) is 23.2 Å². The number of rotatable bonds is 3. The highest BCUT2D eigenvalue weighted by Crippen LogP contribution is 2.09. The van der Waals surface area contributed by atoms with Gasteiger partial charge in [-0.15, -0.1) is 12.3 Å². The van der Waals surface area contributed by atoms with E-state index in [1.807, 2.05) is 0 Å². The zero-order valence-electron chi connectivity index (χ0n) is 8.55. The smallest absolute Gasteiger partial charge is 0.0211 e. The fraction of sp³-hybridized carbons (Fsp3) is 0.818. The van der Waals surface area contributed by atoms with E-state index in [-0.39, 0.29) is 0 Å². The topological polar surface area (TPSA) is 15.3 Å². The fourth-order valence-corrected chi connectivity index (χ4v) is 1.79. The molecule has 0 saturated carbocycles. The zero-order valence-corrected chi connectivity index (χ0v) is 8.55. The van der Waals surface area contributed by atoms with Crippen LogP contribution in [0.2, 0.25) is 0 Å². The van der Waals surface area contributed by atoms with Crippen LogP contribution in [-0.2, 0) is 0 Å². The molecular weight excluding hydrogens is 160 g/mol. The molecule has 1 aliphatic heterocycles. The third-order valence-corrected chi connectivity index (χ3v) is 2.65. The van der Waals surface area contributed by atoms with Crippen molar-refractivity contribution in [3.8, 4) is 12.3 Å². The van der Waals surface area contributed by atoms with Gasteiger partial charge in [-0.25, -0.2) is 0 Å². The van der Waals surface area contributed by atoms with Crippen LogP contribution in [0.5, 0.6) is 0 Å². The molecular formula is C11H20N2. The van der Waals surface area contributed by atoms with Crippen molar-refractivity contribution in [3.05, 3.63) is 0 Å². The SMILES string of the molecule is C#CCCNC1CCCN(C)CC1. The van der Waals surface area contributed by atoms with E-state index in [0.29, 0.717) is 6.04 Å². The maximum Gasteiger partial charge on any atom is 0.0211 e. The van der Waals surface area contributed by atoms with Crippen LogP contribution in [0.3, 0.4) is 0 Å². The Morgan fingerprint density at radius 1 is 1.46 bits per heavy atom. The molecule has 0 aromatic carbocycles. The lowest BCUT2D eigenvalue weighted by atomic mass is 10.1. The van der Waals surface area contributed by atoms with E-state index in [1.54, 1.807) is 0 Å². The highest BCUT2D eigenvalue weighted by molar-refractivity contribution is 4.85. The molecule has 2 nitrogen and oxygen atoms in total. The first-order valence-electron chi connectivity index (χ1n) is 5.18. The van der Waals surface area contributed by atoms with Gasteiger partial charge in [0.2, 0.25) is 0 Å². The van der Waals surface area contributed by atoms with Crippen LogP contribution in [0.25, 0.3) is 0 Å². The predicted molar refractivity (Wildman–Crippen MR) is 56.6 cm³/mol. The molecule has 74 valence electrons. The zero-order chi connectivity index (χ0) is 9.52. The monoisotopic (exact) mass is 180 g/mol. The average Bonchev–Trinajstić information content (AvgIpc) is 2.32. The van der Waals surface area contributed by atoms with Crippen molar-refractivity contribution in [3.63, 3.8) is 0 Å². The van der Waals surface area contributed by atoms with Gasteiger partial charge in [-0.1, -0.05) is 0 Å². The summed E-state index contributed by atoms with van der Waals surface area (Å²) in [5.74, 6) is 2.66. The van der Waals surface area contributed by atoms with Crippen LogP contribution in [0.4, 0.5) is 0 Å². The van der Waals surface area contributed by atoms with Gasteiger partial charge in [-0.05, 0) is 39.4 Å². The lowest BCUT2D eigenvalue weighted by molar-refractivity contribution is 0.344. The second-order valence-electron chi connectivity index (χ2n) is 3.84. The van der Waals surface area contributed by atoms with Crippen molar-refractivity contribution in [2.24, 2.45) is 0 Å². The Morgan fingerprint density at radius 3 is 3.08 bits per heavy atom. The molecule has 0 amide bonds. The molecule has 1 N–H and O–H groups in total. The highest BCUT2D eigenvalue weighted by atomic mass is 15.1. The van der Waals surface area contributed by atoms with Gasteiger partial charge in [-0.2, -0.15) is 0 Å². The summed E-state index contributed by atoms with van der Waals surface area (Å²) in [6, 6.07) is 0.693. The first-order valence-corrected chi connectivity index (χ1v) is 5.18. The minimum atomic E-state index is 0.693. The minimum Gasteiger partial charge on any atom is -0.313 e. The summed E-state index contributed by atoms with van der Waals surface area (Å²) in [5.41, 5.74) is 0. The largest absolute Gasteiger partial charge is 0.313 e. The molecule has 1 aliphatic rings. The van der Waals surface area contributed by atoms with E-state index in [9.17, 15) is 0 Å². The molecule has 0 aromatic rings. The summed E-state index contributed by atoms with van der Waals surface area (Å²) in [6.45, 7) is 3.44. The van der Waals surface area contributed by atoms with Gasteiger partial charge in [-0.3, -0.25) is 0 Å². The maximum absolute atomic E-state index is 5.20. The number of hydrogen-bond donors (Lipinski definition) is 1. The molecule has 1 unspecified atom stereocenters. The average molecular weight is 180 g/mol. The lowest BCUT2D eigenvalue weighted by Gasteiger charge is -2.15. The van der Waals surface area contributed by atoms with Crippen molar-refractivity contribution in [2.45, 2.75) is 31.7 Å². The van der Waals surface area contributed by atoms with Crippen molar-refractivity contribution in [2.75, 3.05) is 26.7 Å². The van der Waals surface area contributed by atoms with Crippen molar-refractivity contribution < 1.29 is 0 Å². The third-order valence-electron chi connectivity index (χ3n) is 2.65. The van der Waals surface area contributed by atoms with Crippen LogP contribution in [-0.4, -0.2) is 37.6 Å². The van der Waals surface area contributed by atoms with Crippen LogP contribution >= 0.6 is 0 Å². The van der Waals surface area contributed by atoms with Crippen molar-refractivity contribution >= 4 is 0 Å². The van der Waals surface area contributed by atoms with E-state index >= 15 is 0 Å². The van der Waals surface area contributed by atoms with Crippen molar-refractivity contribution in [1.29, 1.82) is 0 Å². The molecule has 0 radical (unpaired) electrons. The summed E-state index contributed by atoms with van der Waals surface area (Å²) in [5, 5.41) is 3.51. The van der Waals surface area contributed by atoms with Gasteiger partial charge >= 0.3 is 0 Å². The Labute approximate surface area is 81.7 Å². The van der Waals surface area contributed by atoms with Gasteiger partial charge in [0.1, 0.15) is 0 Å². The van der Waals surface area contributed by atoms with Crippen LogP contribution in [0, 0.1) is 12.3 Å². The van der Waals surface area contributed by atoms with Gasteiger partial charge in [0.15, 0.2) is 0 Å². The summed E-state index contributed by atoms with van der Waals surface area (Å²) in [6.07, 6.45) is 9.93. The maximum atomic E-state index is 5.20. The normalized spacial score (nSPS) is 25.1. The van der Waals surface area contributed by atoms with Crippen LogP contribution < -0.4 is 5.32 Å². The highest BCUT2D eigenvalue weighted by Gasteiger charge is 2.13. The second-order valence-corrected chi connectivity index (χ2v) is 3.84. The third kappa shape index (κ3) is 4.31. The molecule has 1 heterocycles. The molecule has 13 heavy (non-hydrogen) atoms. The standard InChI is InChI=1S/C11H20N2/c1-3-4-8-12-11-6-5-9-13(2)10-7-11/h1,11-12H,4-10H2,2H3. The molecule has 1 atom stereocenters. The summed E-state index contributed by atoms with van der Waals surface area (Å²) in [4.78, 5) is 2.41. The van der Waals surface area contributed by atoms with E-state index in [4.69, 9.17) is 6.42 Å². The van der Waals surface area contributed by atoms with E-state index in [1.165, 1.54) is 32.4 Å². The Hall–Kier alpha value is -0.520. The first-order chi connectivity index (χ1) is 6.33. The quantitative estimate of drug-likeness (QED) is 0.516. The summed E-state index contributed by atoms with van der Waals surface area (Å²) >= 11 is 0. The van der Waals surface area contributed by atoms with Crippen LogP contribution in [0.15, 0.2) is 0 Å². The number of nitrogens with one attached hydrogen (secondary N) is 1. The lowest BCUT2D eigenvalue weighted by Crippen LogP contribution is -2.30. The molecule has 1 fully saturated rings. The van der Waals surface area contributed by atoms with Gasteiger partial charge in [0, 0.05) is 19.0 Å². The second kappa shape index (κ2) is 6.01. The summed E-state index contributed by atoms with van der Waals surface area (Å²) < 4.78 is 0. The molecule has 0 aliphatic carbocycles. The number of likely N-dealkylation sites (tertiary alicyclic amines) is 1. The Kier molecular flexibility index (Phi) is 4.88. The Balaban J connectivity index is 2.15. The van der Waals surface area contributed by atoms with Gasteiger partial charge in [0.25, 0.3) is 0 Å². The number of hydrogen-bond acceptors (Lipinski definition) is 2. The van der Waals surface area contributed by atoms with Gasteiger partial charge < -0.3 is 10.2 Å². The molecule has 1 rings (SSSR count). The van der Waals surface area contributed by atoms with Crippen molar-refractivity contribution in [1.82, 2.24) is 10.2 Å².